The van der Waals surface area contributed by atoms with Crippen LogP contribution in [-0.2, 0) is 14.2 Å². The van der Waals surface area contributed by atoms with Crippen LogP contribution in [0.4, 0.5) is 4.79 Å². The van der Waals surface area contributed by atoms with Gasteiger partial charge >= 0.3 is 6.09 Å². The monoisotopic (exact) mass is 301 g/mol. The lowest BCUT2D eigenvalue weighted by Gasteiger charge is -2.53. The molecule has 2 saturated heterocycles. The molecule has 3 fully saturated rings. The van der Waals surface area contributed by atoms with Gasteiger partial charge in [0, 0.05) is 7.11 Å². The fourth-order valence-corrected chi connectivity index (χ4v) is 3.36. The first-order chi connectivity index (χ1) is 9.83. The number of amides is 1. The fourth-order valence-electron chi connectivity index (χ4n) is 3.36. The van der Waals surface area contributed by atoms with E-state index >= 15 is 0 Å². The number of rotatable bonds is 4. The molecule has 3 rings (SSSR count). The van der Waals surface area contributed by atoms with Gasteiger partial charge in [0.05, 0.1) is 24.8 Å². The predicted octanol–water partition coefficient (Wildman–Crippen LogP) is 1.76. The molecule has 6 heteroatoms. The van der Waals surface area contributed by atoms with Gasteiger partial charge in [0.1, 0.15) is 12.4 Å². The molecule has 6 nitrogen and oxygen atoms in total. The maximum atomic E-state index is 12.5. The number of nitrogens with zero attached hydrogens (tertiary/aromatic N) is 1. The van der Waals surface area contributed by atoms with E-state index in [4.69, 9.17) is 14.2 Å². The van der Waals surface area contributed by atoms with Crippen LogP contribution in [0.25, 0.3) is 0 Å². The summed E-state index contributed by atoms with van der Waals surface area (Å²) in [7, 11) is 1.57. The molecule has 3 aliphatic rings. The van der Waals surface area contributed by atoms with Crippen molar-refractivity contribution in [2.75, 3.05) is 20.5 Å². The van der Waals surface area contributed by atoms with Gasteiger partial charge in [-0.25, -0.2) is 4.79 Å². The van der Waals surface area contributed by atoms with Gasteiger partial charge in [0.15, 0.2) is 0 Å². The van der Waals surface area contributed by atoms with Gasteiger partial charge in [-0.05, 0) is 46.0 Å². The van der Waals surface area contributed by atoms with Crippen LogP contribution in [-0.4, -0.2) is 60.4 Å². The largest absolute Gasteiger partial charge is 0.444 e. The van der Waals surface area contributed by atoms with E-state index in [-0.39, 0.29) is 30.9 Å². The van der Waals surface area contributed by atoms with Crippen LogP contribution in [0.15, 0.2) is 0 Å². The fraction of sp³-hybridized carbons (Fsp3) is 0.933. The van der Waals surface area contributed by atoms with Gasteiger partial charge in [-0.2, -0.15) is 0 Å². The van der Waals surface area contributed by atoms with Crippen LogP contribution in [0, 0.1) is 5.92 Å². The zero-order valence-corrected chi connectivity index (χ0v) is 13.4. The molecule has 0 aromatic heterocycles. The third kappa shape index (κ3) is 3.87. The molecule has 2 heterocycles. The first-order valence-corrected chi connectivity index (χ1v) is 7.59. The number of hydrogen-bond acceptors (Lipinski definition) is 5. The minimum absolute atomic E-state index is 0.0443. The standard InChI is InChI=1S/C15H27NO5/c1-15(2,3)21-14(18)16-11-6-5-10(7-13(11)17)12(16)8-20-9-19-4/h10-13,17H,5-9H2,1-4H3/t10-,11-,12+,13-/m0/s1. The predicted molar refractivity (Wildman–Crippen MR) is 76.8 cm³/mol. The van der Waals surface area contributed by atoms with Gasteiger partial charge in [0.2, 0.25) is 0 Å². The average Bonchev–Trinajstić information content (AvgIpc) is 2.37. The molecule has 21 heavy (non-hydrogen) atoms. The van der Waals surface area contributed by atoms with Gasteiger partial charge in [-0.1, -0.05) is 0 Å². The zero-order chi connectivity index (χ0) is 15.6. The number of carbonyl (C=O) groups excluding carboxylic acids is 1. The Labute approximate surface area is 126 Å². The van der Waals surface area contributed by atoms with Crippen molar-refractivity contribution in [2.45, 2.75) is 63.8 Å². The van der Waals surface area contributed by atoms with E-state index in [0.29, 0.717) is 6.61 Å². The van der Waals surface area contributed by atoms with Crippen molar-refractivity contribution in [2.24, 2.45) is 5.92 Å². The lowest BCUT2D eigenvalue weighted by Crippen LogP contribution is -2.64. The highest BCUT2D eigenvalue weighted by atomic mass is 16.7. The average molecular weight is 301 g/mol. The molecule has 122 valence electrons. The van der Waals surface area contributed by atoms with Crippen LogP contribution in [0.2, 0.25) is 0 Å². The van der Waals surface area contributed by atoms with E-state index in [1.165, 1.54) is 0 Å². The lowest BCUT2D eigenvalue weighted by molar-refractivity contribution is -0.126. The van der Waals surface area contributed by atoms with Crippen molar-refractivity contribution in [1.29, 1.82) is 0 Å². The summed E-state index contributed by atoms with van der Waals surface area (Å²) in [5.74, 6) is 0.259. The summed E-state index contributed by atoms with van der Waals surface area (Å²) in [4.78, 5) is 14.2. The third-order valence-electron chi connectivity index (χ3n) is 4.17. The van der Waals surface area contributed by atoms with E-state index in [0.717, 1.165) is 19.3 Å². The van der Waals surface area contributed by atoms with E-state index < -0.39 is 11.7 Å². The van der Waals surface area contributed by atoms with Gasteiger partial charge in [0.25, 0.3) is 0 Å². The second-order valence-electron chi connectivity index (χ2n) is 6.94. The Morgan fingerprint density at radius 3 is 2.62 bits per heavy atom. The van der Waals surface area contributed by atoms with Crippen LogP contribution >= 0.6 is 0 Å². The Morgan fingerprint density at radius 2 is 2.05 bits per heavy atom. The maximum absolute atomic E-state index is 12.5. The third-order valence-corrected chi connectivity index (χ3v) is 4.17. The Balaban J connectivity index is 2.10. The summed E-state index contributed by atoms with van der Waals surface area (Å²) < 4.78 is 15.9. The molecular formula is C15H27NO5. The first kappa shape index (κ1) is 16.5. The summed E-state index contributed by atoms with van der Waals surface area (Å²) in [5.41, 5.74) is -0.545. The van der Waals surface area contributed by atoms with Gasteiger partial charge < -0.3 is 19.3 Å². The summed E-state index contributed by atoms with van der Waals surface area (Å²) in [5, 5.41) is 10.2. The minimum atomic E-state index is -0.545. The first-order valence-electron chi connectivity index (χ1n) is 7.59. The number of aliphatic hydroxyl groups is 1. The van der Waals surface area contributed by atoms with Crippen LogP contribution < -0.4 is 0 Å². The summed E-state index contributed by atoms with van der Waals surface area (Å²) >= 11 is 0. The van der Waals surface area contributed by atoms with E-state index in [2.05, 4.69) is 0 Å². The molecule has 0 unspecified atom stereocenters. The van der Waals surface area contributed by atoms with Crippen molar-refractivity contribution >= 4 is 6.09 Å². The molecule has 1 aliphatic carbocycles. The number of carbonyl (C=O) groups is 1. The second-order valence-corrected chi connectivity index (χ2v) is 6.94. The topological polar surface area (TPSA) is 68.2 Å². The van der Waals surface area contributed by atoms with Crippen molar-refractivity contribution in [3.05, 3.63) is 0 Å². The molecular weight excluding hydrogens is 274 g/mol. The van der Waals surface area contributed by atoms with Crippen LogP contribution in [0.1, 0.15) is 40.0 Å². The van der Waals surface area contributed by atoms with E-state index in [1.807, 2.05) is 20.8 Å². The number of aliphatic hydroxyl groups excluding tert-OH is 1. The molecule has 0 radical (unpaired) electrons. The number of ether oxygens (including phenoxy) is 3. The van der Waals surface area contributed by atoms with E-state index in [9.17, 15) is 9.90 Å². The van der Waals surface area contributed by atoms with Crippen molar-refractivity contribution in [3.8, 4) is 0 Å². The van der Waals surface area contributed by atoms with Crippen molar-refractivity contribution in [3.63, 3.8) is 0 Å². The summed E-state index contributed by atoms with van der Waals surface area (Å²) in [6, 6.07) is -0.210. The Kier molecular flexibility index (Phi) is 5.11. The molecule has 0 spiro atoms. The molecule has 0 aromatic rings. The van der Waals surface area contributed by atoms with Crippen molar-refractivity contribution < 1.29 is 24.1 Å². The minimum Gasteiger partial charge on any atom is -0.444 e. The highest BCUT2D eigenvalue weighted by Gasteiger charge is 2.49. The number of hydrogen-bond donors (Lipinski definition) is 1. The molecule has 1 saturated carbocycles. The highest BCUT2D eigenvalue weighted by Crippen LogP contribution is 2.40. The SMILES string of the molecule is COCOC[C@@H]1[C@H]2CC[C@@H]([C@@H](O)C2)N1C(=O)OC(C)(C)C. The lowest BCUT2D eigenvalue weighted by atomic mass is 9.73. The van der Waals surface area contributed by atoms with E-state index in [1.54, 1.807) is 12.0 Å². The normalized spacial score (nSPS) is 32.3. The highest BCUT2D eigenvalue weighted by molar-refractivity contribution is 5.69. The molecule has 1 amide bonds. The Bertz CT molecular complexity index is 368. The molecule has 0 aromatic carbocycles. The van der Waals surface area contributed by atoms with Gasteiger partial charge in [-0.3, -0.25) is 4.90 Å². The number of methoxy groups -OCH3 is 1. The molecule has 2 bridgehead atoms. The molecule has 2 aliphatic heterocycles. The van der Waals surface area contributed by atoms with Crippen molar-refractivity contribution in [1.82, 2.24) is 4.90 Å². The summed E-state index contributed by atoms with van der Waals surface area (Å²) in [6.07, 6.45) is 1.75. The summed E-state index contributed by atoms with van der Waals surface area (Å²) in [6.45, 7) is 6.17. The molecule has 4 atom stereocenters. The Morgan fingerprint density at radius 1 is 1.33 bits per heavy atom. The number of piperidine rings is 2. The molecule has 1 N–H and O–H groups in total. The zero-order valence-electron chi connectivity index (χ0n) is 13.4. The Hall–Kier alpha value is -0.850. The quantitative estimate of drug-likeness (QED) is 0.633. The van der Waals surface area contributed by atoms with Gasteiger partial charge in [-0.15, -0.1) is 0 Å². The van der Waals surface area contributed by atoms with Crippen LogP contribution in [0.5, 0.6) is 0 Å². The maximum Gasteiger partial charge on any atom is 0.410 e. The number of fused-ring (bicyclic) bond motifs is 3. The van der Waals surface area contributed by atoms with Crippen LogP contribution in [0.3, 0.4) is 0 Å². The second kappa shape index (κ2) is 6.50. The smallest absolute Gasteiger partial charge is 0.410 e.